The topological polar surface area (TPSA) is 66.0 Å². The molecule has 0 bridgehead atoms. The smallest absolute Gasteiger partial charge is 0.225 e. The van der Waals surface area contributed by atoms with Gasteiger partial charge in [0.05, 0.1) is 6.54 Å². The zero-order chi connectivity index (χ0) is 19.8. The molecule has 1 saturated carbocycles. The Hall–Kier alpha value is -2.24. The molecule has 1 aromatic carbocycles. The van der Waals surface area contributed by atoms with E-state index in [-0.39, 0.29) is 18.1 Å². The zero-order valence-corrected chi connectivity index (χ0v) is 17.2. The minimum Gasteiger partial charge on any atom is -0.489 e. The second-order valence-electron chi connectivity index (χ2n) is 7.86. The van der Waals surface area contributed by atoms with Crippen molar-refractivity contribution in [1.29, 1.82) is 0 Å². The number of guanidine groups is 1. The number of hydrogen-bond donors (Lipinski definition) is 2. The molecule has 2 N–H and O–H groups in total. The lowest BCUT2D eigenvalue weighted by atomic mass is 10.1. The van der Waals surface area contributed by atoms with Gasteiger partial charge in [0.2, 0.25) is 5.91 Å². The van der Waals surface area contributed by atoms with E-state index in [1.54, 1.807) is 0 Å². The third-order valence-corrected chi connectivity index (χ3v) is 5.48. The predicted octanol–water partition coefficient (Wildman–Crippen LogP) is 2.80. The molecular formula is C22H34N4O2. The van der Waals surface area contributed by atoms with Crippen LogP contribution >= 0.6 is 0 Å². The van der Waals surface area contributed by atoms with E-state index >= 15 is 0 Å². The molecule has 2 unspecified atom stereocenters. The number of rotatable bonds is 7. The number of ether oxygens (including phenoxy) is 1. The summed E-state index contributed by atoms with van der Waals surface area (Å²) in [4.78, 5) is 19.4. The van der Waals surface area contributed by atoms with E-state index in [9.17, 15) is 4.79 Å². The molecule has 154 valence electrons. The highest BCUT2D eigenvalue weighted by molar-refractivity contribution is 5.81. The lowest BCUT2D eigenvalue weighted by Gasteiger charge is -2.22. The van der Waals surface area contributed by atoms with Crippen molar-refractivity contribution < 1.29 is 9.53 Å². The van der Waals surface area contributed by atoms with Crippen molar-refractivity contribution in [2.45, 2.75) is 58.1 Å². The Morgan fingerprint density at radius 2 is 2.00 bits per heavy atom. The molecule has 6 heteroatoms. The van der Waals surface area contributed by atoms with E-state index in [1.165, 1.54) is 12.8 Å². The van der Waals surface area contributed by atoms with Crippen LogP contribution in [-0.4, -0.2) is 55.1 Å². The number of para-hydroxylation sites is 1. The van der Waals surface area contributed by atoms with E-state index in [1.807, 2.05) is 42.2 Å². The van der Waals surface area contributed by atoms with Gasteiger partial charge in [0, 0.05) is 31.6 Å². The lowest BCUT2D eigenvalue weighted by molar-refractivity contribution is -0.134. The Kier molecular flexibility index (Phi) is 7.57. The van der Waals surface area contributed by atoms with Crippen LogP contribution in [0.4, 0.5) is 0 Å². The number of benzene rings is 1. The van der Waals surface area contributed by atoms with Gasteiger partial charge in [-0.15, -0.1) is 0 Å². The number of nitrogens with one attached hydrogen (secondary N) is 2. The van der Waals surface area contributed by atoms with Crippen molar-refractivity contribution in [3.05, 3.63) is 30.3 Å². The third kappa shape index (κ3) is 5.88. The number of nitrogens with zero attached hydrogens (tertiary/aromatic N) is 2. The maximum Gasteiger partial charge on any atom is 0.225 e. The summed E-state index contributed by atoms with van der Waals surface area (Å²) in [6.45, 7) is 7.08. The maximum absolute atomic E-state index is 12.6. The number of carbonyl (C=O) groups excluding carboxylic acids is 1. The maximum atomic E-state index is 12.6. The molecule has 1 heterocycles. The van der Waals surface area contributed by atoms with E-state index in [0.717, 1.165) is 50.6 Å². The summed E-state index contributed by atoms with van der Waals surface area (Å²) >= 11 is 0. The summed E-state index contributed by atoms with van der Waals surface area (Å²) in [7, 11) is 0. The van der Waals surface area contributed by atoms with Crippen molar-refractivity contribution in [3.8, 4) is 5.75 Å². The van der Waals surface area contributed by atoms with E-state index in [2.05, 4.69) is 22.5 Å². The highest BCUT2D eigenvalue weighted by Gasteiger charge is 2.32. The molecule has 1 amide bonds. The second-order valence-corrected chi connectivity index (χ2v) is 7.86. The Bertz CT molecular complexity index is 643. The molecule has 1 aliphatic heterocycles. The molecule has 2 fully saturated rings. The van der Waals surface area contributed by atoms with Crippen molar-refractivity contribution in [3.63, 3.8) is 0 Å². The summed E-state index contributed by atoms with van der Waals surface area (Å²) in [5, 5.41) is 6.81. The molecule has 1 saturated heterocycles. The summed E-state index contributed by atoms with van der Waals surface area (Å²) in [6, 6.07) is 10.1. The molecular weight excluding hydrogens is 352 g/mol. The molecule has 2 atom stereocenters. The second kappa shape index (κ2) is 10.3. The van der Waals surface area contributed by atoms with Gasteiger partial charge in [0.1, 0.15) is 11.9 Å². The number of likely N-dealkylation sites (tertiary alicyclic amines) is 1. The highest BCUT2D eigenvalue weighted by atomic mass is 16.5. The molecule has 1 aliphatic carbocycles. The Morgan fingerprint density at radius 1 is 1.25 bits per heavy atom. The van der Waals surface area contributed by atoms with Crippen LogP contribution < -0.4 is 15.4 Å². The molecule has 1 aromatic rings. The molecule has 28 heavy (non-hydrogen) atoms. The molecule has 0 aromatic heterocycles. The Morgan fingerprint density at radius 3 is 2.71 bits per heavy atom. The summed E-state index contributed by atoms with van der Waals surface area (Å²) in [5.41, 5.74) is 0. The van der Waals surface area contributed by atoms with Crippen molar-refractivity contribution >= 4 is 11.9 Å². The minimum atomic E-state index is -0.0122. The van der Waals surface area contributed by atoms with Gasteiger partial charge in [-0.2, -0.15) is 0 Å². The predicted molar refractivity (Wildman–Crippen MR) is 113 cm³/mol. The van der Waals surface area contributed by atoms with Crippen LogP contribution in [0, 0.1) is 5.92 Å². The Balaban J connectivity index is 1.48. The summed E-state index contributed by atoms with van der Waals surface area (Å²) < 4.78 is 5.90. The first kappa shape index (κ1) is 20.5. The summed E-state index contributed by atoms with van der Waals surface area (Å²) in [6.07, 6.45) is 5.49. The van der Waals surface area contributed by atoms with Crippen LogP contribution in [-0.2, 0) is 4.79 Å². The molecule has 0 spiro atoms. The number of aliphatic imine (C=N–C) groups is 1. The van der Waals surface area contributed by atoms with Crippen LogP contribution in [0.15, 0.2) is 35.3 Å². The monoisotopic (exact) mass is 386 g/mol. The van der Waals surface area contributed by atoms with Gasteiger partial charge in [0.25, 0.3) is 0 Å². The zero-order valence-electron chi connectivity index (χ0n) is 17.2. The summed E-state index contributed by atoms with van der Waals surface area (Å²) in [5.74, 6) is 2.27. The number of hydrogen-bond acceptors (Lipinski definition) is 3. The molecule has 3 rings (SSSR count). The van der Waals surface area contributed by atoms with Gasteiger partial charge in [-0.05, 0) is 45.2 Å². The fraction of sp³-hybridized carbons (Fsp3) is 0.636. The highest BCUT2D eigenvalue weighted by Crippen LogP contribution is 2.27. The SMILES string of the molecule is CCNC(=NCC(C)Oc1ccccc1)NC1CCN(C(=O)C2CCCC2)C1. The first-order valence-corrected chi connectivity index (χ1v) is 10.7. The molecule has 2 aliphatic rings. The van der Waals surface area contributed by atoms with E-state index in [0.29, 0.717) is 12.5 Å². The van der Waals surface area contributed by atoms with Crippen LogP contribution in [0.3, 0.4) is 0 Å². The fourth-order valence-electron chi connectivity index (χ4n) is 4.01. The normalized spacial score (nSPS) is 21.6. The first-order valence-electron chi connectivity index (χ1n) is 10.7. The van der Waals surface area contributed by atoms with Crippen LogP contribution in [0.25, 0.3) is 0 Å². The standard InChI is InChI=1S/C22H34N4O2/c1-3-23-22(24-15-17(2)28-20-11-5-4-6-12-20)25-19-13-14-26(16-19)21(27)18-9-7-8-10-18/h4-6,11-12,17-19H,3,7-10,13-16H2,1-2H3,(H2,23,24,25). The quantitative estimate of drug-likeness (QED) is 0.559. The number of amides is 1. The number of carbonyl (C=O) groups is 1. The van der Waals surface area contributed by atoms with Gasteiger partial charge in [-0.3, -0.25) is 4.79 Å². The molecule has 6 nitrogen and oxygen atoms in total. The average Bonchev–Trinajstić information content (AvgIpc) is 3.39. The van der Waals surface area contributed by atoms with Crippen molar-refractivity contribution in [2.24, 2.45) is 10.9 Å². The third-order valence-electron chi connectivity index (χ3n) is 5.48. The van der Waals surface area contributed by atoms with E-state index < -0.39 is 0 Å². The average molecular weight is 387 g/mol. The van der Waals surface area contributed by atoms with Gasteiger partial charge < -0.3 is 20.3 Å². The Labute approximate surface area is 168 Å². The first-order chi connectivity index (χ1) is 13.7. The van der Waals surface area contributed by atoms with Crippen LogP contribution in [0.5, 0.6) is 5.75 Å². The van der Waals surface area contributed by atoms with Gasteiger partial charge in [-0.25, -0.2) is 4.99 Å². The van der Waals surface area contributed by atoms with Gasteiger partial charge >= 0.3 is 0 Å². The van der Waals surface area contributed by atoms with E-state index in [4.69, 9.17) is 4.74 Å². The van der Waals surface area contributed by atoms with Crippen LogP contribution in [0.2, 0.25) is 0 Å². The lowest BCUT2D eigenvalue weighted by Crippen LogP contribution is -2.45. The van der Waals surface area contributed by atoms with Crippen molar-refractivity contribution in [1.82, 2.24) is 15.5 Å². The fourth-order valence-corrected chi connectivity index (χ4v) is 4.01. The van der Waals surface area contributed by atoms with Crippen LogP contribution in [0.1, 0.15) is 46.0 Å². The largest absolute Gasteiger partial charge is 0.489 e. The van der Waals surface area contributed by atoms with Gasteiger partial charge in [0.15, 0.2) is 5.96 Å². The van der Waals surface area contributed by atoms with Gasteiger partial charge in [-0.1, -0.05) is 31.0 Å². The molecule has 0 radical (unpaired) electrons. The van der Waals surface area contributed by atoms with Crippen molar-refractivity contribution in [2.75, 3.05) is 26.2 Å². The minimum absolute atomic E-state index is 0.0122.